The SMILES string of the molecule is COc1ccc(COCCCC[C@H]2OC(C)(C)O[C@@H](C)[C@H]2C)cc1. The van der Waals surface area contributed by atoms with Crippen LogP contribution in [0.1, 0.15) is 52.5 Å². The van der Waals surface area contributed by atoms with E-state index in [0.717, 1.165) is 31.6 Å². The predicted molar refractivity (Wildman–Crippen MR) is 95.2 cm³/mol. The first-order valence-corrected chi connectivity index (χ1v) is 8.97. The Labute approximate surface area is 146 Å². The monoisotopic (exact) mass is 336 g/mol. The van der Waals surface area contributed by atoms with Crippen molar-refractivity contribution in [3.63, 3.8) is 0 Å². The summed E-state index contributed by atoms with van der Waals surface area (Å²) in [6.07, 6.45) is 3.73. The first-order valence-electron chi connectivity index (χ1n) is 8.97. The Kier molecular flexibility index (Phi) is 7.08. The van der Waals surface area contributed by atoms with Crippen molar-refractivity contribution in [3.05, 3.63) is 29.8 Å². The summed E-state index contributed by atoms with van der Waals surface area (Å²) in [6.45, 7) is 9.78. The van der Waals surface area contributed by atoms with Crippen LogP contribution in [0.2, 0.25) is 0 Å². The Morgan fingerprint density at radius 2 is 1.75 bits per heavy atom. The second-order valence-electron chi connectivity index (χ2n) is 7.13. The van der Waals surface area contributed by atoms with Crippen molar-refractivity contribution in [1.29, 1.82) is 0 Å². The van der Waals surface area contributed by atoms with E-state index in [0.29, 0.717) is 12.5 Å². The molecule has 24 heavy (non-hydrogen) atoms. The van der Waals surface area contributed by atoms with Gasteiger partial charge in [0.15, 0.2) is 5.79 Å². The van der Waals surface area contributed by atoms with Crippen molar-refractivity contribution in [2.24, 2.45) is 5.92 Å². The molecule has 136 valence electrons. The molecular weight excluding hydrogens is 304 g/mol. The average molecular weight is 336 g/mol. The molecule has 1 aliphatic heterocycles. The molecule has 4 nitrogen and oxygen atoms in total. The maximum Gasteiger partial charge on any atom is 0.163 e. The van der Waals surface area contributed by atoms with Gasteiger partial charge in [0.2, 0.25) is 0 Å². The van der Waals surface area contributed by atoms with Crippen LogP contribution < -0.4 is 4.74 Å². The lowest BCUT2D eigenvalue weighted by molar-refractivity contribution is -0.316. The molecule has 1 aliphatic rings. The summed E-state index contributed by atoms with van der Waals surface area (Å²) in [5.74, 6) is 0.835. The summed E-state index contributed by atoms with van der Waals surface area (Å²) in [5, 5.41) is 0. The van der Waals surface area contributed by atoms with E-state index >= 15 is 0 Å². The molecule has 0 saturated carbocycles. The summed E-state index contributed by atoms with van der Waals surface area (Å²) >= 11 is 0. The molecule has 1 aromatic rings. The highest BCUT2D eigenvalue weighted by molar-refractivity contribution is 5.26. The molecular formula is C20H32O4. The molecule has 1 fully saturated rings. The zero-order chi connectivity index (χ0) is 17.6. The summed E-state index contributed by atoms with van der Waals surface area (Å²) in [5.41, 5.74) is 1.17. The predicted octanol–water partition coefficient (Wildman–Crippen LogP) is 4.56. The molecule has 0 unspecified atom stereocenters. The van der Waals surface area contributed by atoms with Gasteiger partial charge in [-0.05, 0) is 57.7 Å². The van der Waals surface area contributed by atoms with Gasteiger partial charge in [-0.1, -0.05) is 19.1 Å². The molecule has 2 rings (SSSR count). The fourth-order valence-electron chi connectivity index (χ4n) is 3.14. The minimum atomic E-state index is -0.471. The van der Waals surface area contributed by atoms with Gasteiger partial charge in [-0.15, -0.1) is 0 Å². The van der Waals surface area contributed by atoms with E-state index < -0.39 is 5.79 Å². The molecule has 0 radical (unpaired) electrons. The molecule has 0 N–H and O–H groups in total. The van der Waals surface area contributed by atoms with Gasteiger partial charge in [-0.2, -0.15) is 0 Å². The smallest absolute Gasteiger partial charge is 0.163 e. The lowest BCUT2D eigenvalue weighted by Crippen LogP contribution is -2.48. The van der Waals surface area contributed by atoms with Crippen molar-refractivity contribution < 1.29 is 18.9 Å². The maximum absolute atomic E-state index is 6.08. The number of rotatable bonds is 8. The summed E-state index contributed by atoms with van der Waals surface area (Å²) in [4.78, 5) is 0. The number of ether oxygens (including phenoxy) is 4. The van der Waals surface area contributed by atoms with Crippen LogP contribution in [0.3, 0.4) is 0 Å². The normalized spacial score (nSPS) is 26.3. The van der Waals surface area contributed by atoms with E-state index in [4.69, 9.17) is 18.9 Å². The van der Waals surface area contributed by atoms with Gasteiger partial charge in [-0.3, -0.25) is 0 Å². The van der Waals surface area contributed by atoms with Crippen LogP contribution in [-0.2, 0) is 20.8 Å². The van der Waals surface area contributed by atoms with Crippen LogP contribution in [0.15, 0.2) is 24.3 Å². The summed E-state index contributed by atoms with van der Waals surface area (Å²) < 4.78 is 22.9. The van der Waals surface area contributed by atoms with Gasteiger partial charge in [0.25, 0.3) is 0 Å². The van der Waals surface area contributed by atoms with Crippen molar-refractivity contribution in [3.8, 4) is 5.75 Å². The first-order chi connectivity index (χ1) is 11.4. The Morgan fingerprint density at radius 1 is 1.04 bits per heavy atom. The molecule has 0 bridgehead atoms. The third-order valence-corrected chi connectivity index (χ3v) is 4.69. The molecule has 0 amide bonds. The Bertz CT molecular complexity index is 483. The number of methoxy groups -OCH3 is 1. The highest BCUT2D eigenvalue weighted by Crippen LogP contribution is 2.33. The van der Waals surface area contributed by atoms with E-state index in [2.05, 4.69) is 13.8 Å². The van der Waals surface area contributed by atoms with Crippen molar-refractivity contribution in [2.45, 2.75) is 71.6 Å². The zero-order valence-electron chi connectivity index (χ0n) is 15.7. The highest BCUT2D eigenvalue weighted by Gasteiger charge is 2.38. The Balaban J connectivity index is 1.62. The van der Waals surface area contributed by atoms with Gasteiger partial charge < -0.3 is 18.9 Å². The lowest BCUT2D eigenvalue weighted by Gasteiger charge is -2.44. The number of unbranched alkanes of at least 4 members (excludes halogenated alkanes) is 1. The number of hydrogen-bond donors (Lipinski definition) is 0. The maximum atomic E-state index is 6.08. The molecule has 1 heterocycles. The molecule has 1 aromatic carbocycles. The molecule has 3 atom stereocenters. The topological polar surface area (TPSA) is 36.9 Å². The van der Waals surface area contributed by atoms with Crippen molar-refractivity contribution in [2.75, 3.05) is 13.7 Å². The zero-order valence-corrected chi connectivity index (χ0v) is 15.7. The minimum absolute atomic E-state index is 0.241. The standard InChI is InChI=1S/C20H32O4/c1-15-16(2)23-20(3,4)24-19(15)8-6-7-13-22-14-17-9-11-18(21-5)12-10-17/h9-12,15-16,19H,6-8,13-14H2,1-5H3/t15-,16+,19-/m1/s1. The van der Waals surface area contributed by atoms with Crippen LogP contribution in [-0.4, -0.2) is 31.7 Å². The van der Waals surface area contributed by atoms with Crippen LogP contribution in [0.4, 0.5) is 0 Å². The lowest BCUT2D eigenvalue weighted by atomic mass is 9.93. The minimum Gasteiger partial charge on any atom is -0.497 e. The molecule has 1 saturated heterocycles. The summed E-state index contributed by atoms with van der Waals surface area (Å²) in [7, 11) is 1.68. The summed E-state index contributed by atoms with van der Waals surface area (Å²) in [6, 6.07) is 8.01. The van der Waals surface area contributed by atoms with Crippen molar-refractivity contribution in [1.82, 2.24) is 0 Å². The molecule has 0 spiro atoms. The molecule has 4 heteroatoms. The largest absolute Gasteiger partial charge is 0.497 e. The van der Waals surface area contributed by atoms with Gasteiger partial charge in [0.1, 0.15) is 5.75 Å². The highest BCUT2D eigenvalue weighted by atomic mass is 16.7. The fraction of sp³-hybridized carbons (Fsp3) is 0.700. The van der Waals surface area contributed by atoms with E-state index in [1.165, 1.54) is 5.56 Å². The number of hydrogen-bond acceptors (Lipinski definition) is 4. The van der Waals surface area contributed by atoms with E-state index in [1.54, 1.807) is 7.11 Å². The van der Waals surface area contributed by atoms with Gasteiger partial charge in [0.05, 0.1) is 25.9 Å². The van der Waals surface area contributed by atoms with Crippen molar-refractivity contribution >= 4 is 0 Å². The van der Waals surface area contributed by atoms with Crippen LogP contribution in [0.25, 0.3) is 0 Å². The van der Waals surface area contributed by atoms with Crippen LogP contribution in [0, 0.1) is 5.92 Å². The Hall–Kier alpha value is -1.10. The third kappa shape index (κ3) is 5.76. The van der Waals surface area contributed by atoms with E-state index in [1.807, 2.05) is 38.1 Å². The Morgan fingerprint density at radius 3 is 2.42 bits per heavy atom. The van der Waals surface area contributed by atoms with E-state index in [-0.39, 0.29) is 12.2 Å². The number of benzene rings is 1. The van der Waals surface area contributed by atoms with Crippen LogP contribution >= 0.6 is 0 Å². The molecule has 0 aliphatic carbocycles. The fourth-order valence-corrected chi connectivity index (χ4v) is 3.14. The second-order valence-corrected chi connectivity index (χ2v) is 7.13. The average Bonchev–Trinajstić information content (AvgIpc) is 2.55. The second kappa shape index (κ2) is 8.84. The molecule has 0 aromatic heterocycles. The van der Waals surface area contributed by atoms with Gasteiger partial charge in [-0.25, -0.2) is 0 Å². The first kappa shape index (κ1) is 19.2. The van der Waals surface area contributed by atoms with Gasteiger partial charge >= 0.3 is 0 Å². The van der Waals surface area contributed by atoms with Gasteiger partial charge in [0, 0.05) is 12.5 Å². The quantitative estimate of drug-likeness (QED) is 0.652. The van der Waals surface area contributed by atoms with Crippen LogP contribution in [0.5, 0.6) is 5.75 Å². The third-order valence-electron chi connectivity index (χ3n) is 4.69. The van der Waals surface area contributed by atoms with E-state index in [9.17, 15) is 0 Å².